The summed E-state index contributed by atoms with van der Waals surface area (Å²) >= 11 is 3.99. The van der Waals surface area contributed by atoms with Gasteiger partial charge in [-0.2, -0.15) is 12.6 Å². The van der Waals surface area contributed by atoms with E-state index in [9.17, 15) is 10.1 Å². The van der Waals surface area contributed by atoms with Crippen LogP contribution in [0.2, 0.25) is 0 Å². The van der Waals surface area contributed by atoms with Gasteiger partial charge in [-0.3, -0.25) is 10.1 Å². The summed E-state index contributed by atoms with van der Waals surface area (Å²) in [4.78, 5) is 10.2. The smallest absolute Gasteiger partial charge is 0.276 e. The van der Waals surface area contributed by atoms with Crippen LogP contribution in [0, 0.1) is 17.0 Å². The summed E-state index contributed by atoms with van der Waals surface area (Å²) < 4.78 is 5.30. The summed E-state index contributed by atoms with van der Waals surface area (Å²) in [6, 6.07) is 4.79. The van der Waals surface area contributed by atoms with Crippen LogP contribution in [0.5, 0.6) is 5.75 Å². The molecule has 0 N–H and O–H groups in total. The number of rotatable bonds is 4. The molecule has 14 heavy (non-hydrogen) atoms. The molecule has 0 fully saturated rings. The molecule has 5 heteroatoms. The van der Waals surface area contributed by atoms with Crippen molar-refractivity contribution in [2.45, 2.75) is 6.92 Å². The average molecular weight is 213 g/mol. The number of ether oxygens (including phenoxy) is 1. The van der Waals surface area contributed by atoms with E-state index >= 15 is 0 Å². The van der Waals surface area contributed by atoms with Crippen molar-refractivity contribution in [2.24, 2.45) is 0 Å². The molecule has 0 amide bonds. The molecule has 0 aromatic heterocycles. The zero-order chi connectivity index (χ0) is 10.6. The van der Waals surface area contributed by atoms with Gasteiger partial charge in [0.15, 0.2) is 0 Å². The molecule has 0 radical (unpaired) electrons. The third-order valence-electron chi connectivity index (χ3n) is 1.80. The van der Waals surface area contributed by atoms with Gasteiger partial charge >= 0.3 is 0 Å². The van der Waals surface area contributed by atoms with Crippen LogP contribution >= 0.6 is 12.6 Å². The minimum Gasteiger partial charge on any atom is -0.492 e. The first-order chi connectivity index (χ1) is 6.66. The number of nitro benzene ring substituents is 1. The van der Waals surface area contributed by atoms with Crippen LogP contribution in [-0.4, -0.2) is 17.3 Å². The number of hydrogen-bond donors (Lipinski definition) is 1. The maximum Gasteiger partial charge on any atom is 0.276 e. The number of thiol groups is 1. The molecule has 0 aliphatic rings. The highest BCUT2D eigenvalue weighted by Crippen LogP contribution is 2.26. The highest BCUT2D eigenvalue weighted by molar-refractivity contribution is 7.80. The average Bonchev–Trinajstić information content (AvgIpc) is 2.16. The number of hydrogen-bond acceptors (Lipinski definition) is 4. The Hall–Kier alpha value is -1.23. The molecule has 1 rings (SSSR count). The van der Waals surface area contributed by atoms with Gasteiger partial charge in [0.2, 0.25) is 0 Å². The Balaban J connectivity index is 2.95. The van der Waals surface area contributed by atoms with Gasteiger partial charge in [0.25, 0.3) is 5.69 Å². The Labute approximate surface area is 87.4 Å². The molecule has 1 aromatic rings. The minimum absolute atomic E-state index is 0.0849. The highest BCUT2D eigenvalue weighted by Gasteiger charge is 2.13. The predicted octanol–water partition coefficient (Wildman–Crippen LogP) is 2.21. The van der Waals surface area contributed by atoms with E-state index in [1.807, 2.05) is 0 Å². The molecule has 1 aromatic carbocycles. The summed E-state index contributed by atoms with van der Waals surface area (Å²) in [5.74, 6) is 1.13. The lowest BCUT2D eigenvalue weighted by Crippen LogP contribution is -2.01. The third kappa shape index (κ3) is 2.38. The van der Waals surface area contributed by atoms with E-state index in [1.165, 1.54) is 6.07 Å². The highest BCUT2D eigenvalue weighted by atomic mass is 32.1. The van der Waals surface area contributed by atoms with Crippen LogP contribution in [-0.2, 0) is 0 Å². The Bertz CT molecular complexity index is 341. The van der Waals surface area contributed by atoms with Gasteiger partial charge in [0, 0.05) is 11.8 Å². The zero-order valence-corrected chi connectivity index (χ0v) is 8.66. The van der Waals surface area contributed by atoms with Gasteiger partial charge in [0.05, 0.1) is 17.1 Å². The second-order valence-corrected chi connectivity index (χ2v) is 3.18. The van der Waals surface area contributed by atoms with Gasteiger partial charge in [-0.1, -0.05) is 6.07 Å². The molecule has 0 saturated heterocycles. The summed E-state index contributed by atoms with van der Waals surface area (Å²) in [5.41, 5.74) is 0.640. The van der Waals surface area contributed by atoms with Crippen LogP contribution in [0.15, 0.2) is 18.2 Å². The largest absolute Gasteiger partial charge is 0.492 e. The van der Waals surface area contributed by atoms with Gasteiger partial charge < -0.3 is 4.74 Å². The Kier molecular flexibility index (Phi) is 3.76. The van der Waals surface area contributed by atoms with Crippen LogP contribution in [0.25, 0.3) is 0 Å². The molecule has 0 aliphatic heterocycles. The predicted molar refractivity (Wildman–Crippen MR) is 57.2 cm³/mol. The second kappa shape index (κ2) is 4.85. The monoisotopic (exact) mass is 213 g/mol. The SMILES string of the molecule is Cc1c(OCCS)cccc1[N+](=O)[O-]. The van der Waals surface area contributed by atoms with Crippen molar-refractivity contribution in [3.63, 3.8) is 0 Å². The maximum atomic E-state index is 10.6. The first-order valence-electron chi connectivity index (χ1n) is 4.14. The van der Waals surface area contributed by atoms with E-state index in [2.05, 4.69) is 12.6 Å². The zero-order valence-electron chi connectivity index (χ0n) is 7.77. The molecule has 0 atom stereocenters. The summed E-state index contributed by atoms with van der Waals surface area (Å²) in [7, 11) is 0. The molecule has 0 saturated carbocycles. The first kappa shape index (κ1) is 10.8. The van der Waals surface area contributed by atoms with Crippen LogP contribution in [0.4, 0.5) is 5.69 Å². The van der Waals surface area contributed by atoms with Crippen molar-refractivity contribution in [2.75, 3.05) is 12.4 Å². The van der Waals surface area contributed by atoms with E-state index < -0.39 is 4.92 Å². The van der Waals surface area contributed by atoms with E-state index in [0.717, 1.165) is 0 Å². The van der Waals surface area contributed by atoms with Crippen molar-refractivity contribution in [3.05, 3.63) is 33.9 Å². The molecule has 0 heterocycles. The van der Waals surface area contributed by atoms with Gasteiger partial charge in [-0.25, -0.2) is 0 Å². The molecule has 4 nitrogen and oxygen atoms in total. The number of nitrogens with zero attached hydrogens (tertiary/aromatic N) is 1. The van der Waals surface area contributed by atoms with Crippen LogP contribution in [0.1, 0.15) is 5.56 Å². The molecular formula is C9H11NO3S. The first-order valence-corrected chi connectivity index (χ1v) is 4.77. The van der Waals surface area contributed by atoms with E-state index in [4.69, 9.17) is 4.74 Å². The molecule has 0 spiro atoms. The van der Waals surface area contributed by atoms with Crippen molar-refractivity contribution in [1.29, 1.82) is 0 Å². The summed E-state index contributed by atoms with van der Waals surface area (Å²) in [6.07, 6.45) is 0. The van der Waals surface area contributed by atoms with Crippen LogP contribution < -0.4 is 4.74 Å². The lowest BCUT2D eigenvalue weighted by molar-refractivity contribution is -0.385. The van der Waals surface area contributed by atoms with Gasteiger partial charge in [-0.05, 0) is 13.0 Å². The third-order valence-corrected chi connectivity index (χ3v) is 1.98. The van der Waals surface area contributed by atoms with Crippen molar-refractivity contribution < 1.29 is 9.66 Å². The molecule has 0 aliphatic carbocycles. The van der Waals surface area contributed by atoms with Gasteiger partial charge in [-0.15, -0.1) is 0 Å². The lowest BCUT2D eigenvalue weighted by atomic mass is 10.2. The molecule has 0 bridgehead atoms. The Morgan fingerprint density at radius 1 is 1.57 bits per heavy atom. The topological polar surface area (TPSA) is 52.4 Å². The summed E-state index contributed by atoms with van der Waals surface area (Å²) in [6.45, 7) is 2.12. The van der Waals surface area contributed by atoms with E-state index in [-0.39, 0.29) is 5.69 Å². The normalized spacial score (nSPS) is 9.86. The Morgan fingerprint density at radius 3 is 2.86 bits per heavy atom. The minimum atomic E-state index is -0.414. The lowest BCUT2D eigenvalue weighted by Gasteiger charge is -2.07. The van der Waals surface area contributed by atoms with Crippen LogP contribution in [0.3, 0.4) is 0 Å². The van der Waals surface area contributed by atoms with Crippen molar-refractivity contribution in [1.82, 2.24) is 0 Å². The number of benzene rings is 1. The fraction of sp³-hybridized carbons (Fsp3) is 0.333. The fourth-order valence-electron chi connectivity index (χ4n) is 1.11. The molecule has 0 unspecified atom stereocenters. The second-order valence-electron chi connectivity index (χ2n) is 2.73. The standard InChI is InChI=1S/C9H11NO3S/c1-7-8(10(11)12)3-2-4-9(7)13-5-6-14/h2-4,14H,5-6H2,1H3. The van der Waals surface area contributed by atoms with Gasteiger partial charge in [0.1, 0.15) is 5.75 Å². The van der Waals surface area contributed by atoms with E-state index in [0.29, 0.717) is 23.7 Å². The van der Waals surface area contributed by atoms with Crippen molar-refractivity contribution >= 4 is 18.3 Å². The van der Waals surface area contributed by atoms with E-state index in [1.54, 1.807) is 19.1 Å². The fourth-order valence-corrected chi connectivity index (χ4v) is 1.20. The maximum absolute atomic E-state index is 10.6. The molecule has 76 valence electrons. The number of nitro groups is 1. The van der Waals surface area contributed by atoms with Crippen molar-refractivity contribution in [3.8, 4) is 5.75 Å². The molecular weight excluding hydrogens is 202 g/mol. The Morgan fingerprint density at radius 2 is 2.29 bits per heavy atom. The quantitative estimate of drug-likeness (QED) is 0.474. The summed E-state index contributed by atoms with van der Waals surface area (Å²) in [5, 5.41) is 10.6.